The quantitative estimate of drug-likeness (QED) is 0.834. The fourth-order valence-electron chi connectivity index (χ4n) is 1.65. The number of thiophene rings is 1. The molecule has 0 aromatic carbocycles. The SMILES string of the molecule is CCCn1ccnc1NCCc1cccs1. The number of nitrogens with zero attached hydrogens (tertiary/aromatic N) is 2. The number of imidazole rings is 1. The maximum absolute atomic E-state index is 4.31. The summed E-state index contributed by atoms with van der Waals surface area (Å²) in [5.74, 6) is 0.985. The van der Waals surface area contributed by atoms with Crippen LogP contribution in [-0.4, -0.2) is 16.1 Å². The van der Waals surface area contributed by atoms with Crippen molar-refractivity contribution in [1.29, 1.82) is 0 Å². The molecule has 4 heteroatoms. The lowest BCUT2D eigenvalue weighted by Gasteiger charge is -2.07. The van der Waals surface area contributed by atoms with Crippen LogP contribution in [0.3, 0.4) is 0 Å². The number of anilines is 1. The Kier molecular flexibility index (Phi) is 3.99. The highest BCUT2D eigenvalue weighted by Crippen LogP contribution is 2.10. The minimum Gasteiger partial charge on any atom is -0.355 e. The Hall–Kier alpha value is -1.29. The van der Waals surface area contributed by atoms with Crippen LogP contribution < -0.4 is 5.32 Å². The van der Waals surface area contributed by atoms with E-state index in [1.54, 1.807) is 0 Å². The van der Waals surface area contributed by atoms with E-state index < -0.39 is 0 Å². The van der Waals surface area contributed by atoms with Gasteiger partial charge in [0.25, 0.3) is 0 Å². The summed E-state index contributed by atoms with van der Waals surface area (Å²) in [5.41, 5.74) is 0. The van der Waals surface area contributed by atoms with E-state index in [0.717, 1.165) is 31.9 Å². The summed E-state index contributed by atoms with van der Waals surface area (Å²) in [6.45, 7) is 4.15. The van der Waals surface area contributed by atoms with Gasteiger partial charge in [0.05, 0.1) is 0 Å². The normalized spacial score (nSPS) is 10.6. The Morgan fingerprint density at radius 2 is 2.44 bits per heavy atom. The molecule has 0 aliphatic heterocycles. The second kappa shape index (κ2) is 5.70. The van der Waals surface area contributed by atoms with Crippen LogP contribution in [0.2, 0.25) is 0 Å². The molecule has 0 saturated carbocycles. The van der Waals surface area contributed by atoms with Gasteiger partial charge in [-0.05, 0) is 24.3 Å². The zero-order chi connectivity index (χ0) is 11.2. The van der Waals surface area contributed by atoms with Gasteiger partial charge in [0.15, 0.2) is 0 Å². The summed E-state index contributed by atoms with van der Waals surface area (Å²) in [6, 6.07) is 4.27. The van der Waals surface area contributed by atoms with Crippen LogP contribution in [-0.2, 0) is 13.0 Å². The van der Waals surface area contributed by atoms with E-state index in [-0.39, 0.29) is 0 Å². The zero-order valence-electron chi connectivity index (χ0n) is 9.52. The average molecular weight is 235 g/mol. The van der Waals surface area contributed by atoms with Gasteiger partial charge in [-0.25, -0.2) is 4.98 Å². The van der Waals surface area contributed by atoms with Crippen molar-refractivity contribution in [1.82, 2.24) is 9.55 Å². The van der Waals surface area contributed by atoms with Crippen LogP contribution in [0.5, 0.6) is 0 Å². The minimum atomic E-state index is 0.946. The van der Waals surface area contributed by atoms with Gasteiger partial charge in [-0.1, -0.05) is 13.0 Å². The number of hydrogen-bond donors (Lipinski definition) is 1. The molecule has 2 heterocycles. The molecule has 1 N–H and O–H groups in total. The van der Waals surface area contributed by atoms with Gasteiger partial charge in [-0.15, -0.1) is 11.3 Å². The first-order valence-corrected chi connectivity index (χ1v) is 6.55. The second-order valence-corrected chi connectivity index (χ2v) is 4.73. The van der Waals surface area contributed by atoms with E-state index in [1.807, 2.05) is 23.7 Å². The molecule has 3 nitrogen and oxygen atoms in total. The van der Waals surface area contributed by atoms with Crippen molar-refractivity contribution in [2.24, 2.45) is 0 Å². The van der Waals surface area contributed by atoms with Gasteiger partial charge in [0.1, 0.15) is 0 Å². The van der Waals surface area contributed by atoms with Gasteiger partial charge in [0, 0.05) is 30.4 Å². The number of hydrogen-bond acceptors (Lipinski definition) is 3. The highest BCUT2D eigenvalue weighted by Gasteiger charge is 2.00. The fraction of sp³-hybridized carbons (Fsp3) is 0.417. The molecule has 0 atom stereocenters. The van der Waals surface area contributed by atoms with Gasteiger partial charge in [-0.2, -0.15) is 0 Å². The molecule has 16 heavy (non-hydrogen) atoms. The first kappa shape index (κ1) is 11.2. The lowest BCUT2D eigenvalue weighted by molar-refractivity contribution is 0.682. The van der Waals surface area contributed by atoms with Crippen LogP contribution in [0.25, 0.3) is 0 Å². The zero-order valence-corrected chi connectivity index (χ0v) is 10.3. The Balaban J connectivity index is 1.82. The van der Waals surface area contributed by atoms with Crippen molar-refractivity contribution >= 4 is 17.3 Å². The van der Waals surface area contributed by atoms with E-state index in [9.17, 15) is 0 Å². The van der Waals surface area contributed by atoms with Crippen molar-refractivity contribution in [3.8, 4) is 0 Å². The van der Waals surface area contributed by atoms with Crippen LogP contribution in [0, 0.1) is 0 Å². The van der Waals surface area contributed by atoms with Crippen LogP contribution in [0.1, 0.15) is 18.2 Å². The highest BCUT2D eigenvalue weighted by molar-refractivity contribution is 7.09. The molecule has 0 aliphatic carbocycles. The van der Waals surface area contributed by atoms with E-state index in [0.29, 0.717) is 0 Å². The number of aromatic nitrogens is 2. The van der Waals surface area contributed by atoms with E-state index >= 15 is 0 Å². The molecule has 0 radical (unpaired) electrons. The summed E-state index contributed by atoms with van der Waals surface area (Å²) in [7, 11) is 0. The van der Waals surface area contributed by atoms with Crippen molar-refractivity contribution in [2.75, 3.05) is 11.9 Å². The molecule has 2 aromatic rings. The smallest absolute Gasteiger partial charge is 0.202 e. The van der Waals surface area contributed by atoms with E-state index in [2.05, 4.69) is 39.3 Å². The van der Waals surface area contributed by atoms with Gasteiger partial charge >= 0.3 is 0 Å². The van der Waals surface area contributed by atoms with Crippen LogP contribution >= 0.6 is 11.3 Å². The highest BCUT2D eigenvalue weighted by atomic mass is 32.1. The summed E-state index contributed by atoms with van der Waals surface area (Å²) in [5, 5.41) is 5.49. The largest absolute Gasteiger partial charge is 0.355 e. The predicted octanol–water partition coefficient (Wildman–Crippen LogP) is 3.01. The van der Waals surface area contributed by atoms with Crippen molar-refractivity contribution in [3.63, 3.8) is 0 Å². The maximum atomic E-state index is 4.31. The van der Waals surface area contributed by atoms with E-state index in [1.165, 1.54) is 4.88 Å². The molecular weight excluding hydrogens is 218 g/mol. The summed E-state index contributed by atoms with van der Waals surface area (Å²) in [6.07, 6.45) is 6.08. The van der Waals surface area contributed by atoms with Crippen LogP contribution in [0.15, 0.2) is 29.9 Å². The third-order valence-corrected chi connectivity index (χ3v) is 3.35. The number of nitrogens with one attached hydrogen (secondary N) is 1. The predicted molar refractivity (Wildman–Crippen MR) is 69.0 cm³/mol. The van der Waals surface area contributed by atoms with Gasteiger partial charge < -0.3 is 9.88 Å². The third-order valence-electron chi connectivity index (χ3n) is 2.41. The molecule has 86 valence electrons. The molecule has 0 aliphatic rings. The Bertz CT molecular complexity index is 406. The minimum absolute atomic E-state index is 0.946. The molecule has 0 unspecified atom stereocenters. The Labute approximate surface area is 100 Å². The summed E-state index contributed by atoms with van der Waals surface area (Å²) < 4.78 is 2.16. The maximum Gasteiger partial charge on any atom is 0.202 e. The van der Waals surface area contributed by atoms with Crippen molar-refractivity contribution in [3.05, 3.63) is 34.8 Å². The molecule has 0 fully saturated rings. The lowest BCUT2D eigenvalue weighted by atomic mass is 10.3. The molecule has 2 rings (SSSR count). The molecule has 0 saturated heterocycles. The van der Waals surface area contributed by atoms with E-state index in [4.69, 9.17) is 0 Å². The van der Waals surface area contributed by atoms with Crippen LogP contribution in [0.4, 0.5) is 5.95 Å². The Morgan fingerprint density at radius 1 is 1.50 bits per heavy atom. The third kappa shape index (κ3) is 2.85. The Morgan fingerprint density at radius 3 is 3.19 bits per heavy atom. The number of rotatable bonds is 6. The first-order valence-electron chi connectivity index (χ1n) is 5.67. The van der Waals surface area contributed by atoms with Gasteiger partial charge in [-0.3, -0.25) is 0 Å². The molecule has 2 aromatic heterocycles. The topological polar surface area (TPSA) is 29.9 Å². The monoisotopic (exact) mass is 235 g/mol. The molecule has 0 bridgehead atoms. The van der Waals surface area contributed by atoms with Crippen molar-refractivity contribution < 1.29 is 0 Å². The average Bonchev–Trinajstić information content (AvgIpc) is 2.91. The van der Waals surface area contributed by atoms with Crippen molar-refractivity contribution in [2.45, 2.75) is 26.3 Å². The van der Waals surface area contributed by atoms with Gasteiger partial charge in [0.2, 0.25) is 5.95 Å². The molecule has 0 spiro atoms. The fourth-order valence-corrected chi connectivity index (χ4v) is 2.36. The summed E-state index contributed by atoms with van der Waals surface area (Å²) in [4.78, 5) is 5.73. The first-order chi connectivity index (χ1) is 7.90. The molecular formula is C12H17N3S. The lowest BCUT2D eigenvalue weighted by Crippen LogP contribution is -2.10. The summed E-state index contributed by atoms with van der Waals surface area (Å²) >= 11 is 1.81. The standard InChI is InChI=1S/C12H17N3S/c1-2-8-15-9-7-14-12(15)13-6-5-11-4-3-10-16-11/h3-4,7,9-10H,2,5-6,8H2,1H3,(H,13,14). The second-order valence-electron chi connectivity index (χ2n) is 3.70. The number of aryl methyl sites for hydroxylation is 1. The molecule has 0 amide bonds.